The van der Waals surface area contributed by atoms with Crippen molar-refractivity contribution < 1.29 is 18.3 Å². The molecule has 0 saturated carbocycles. The molecule has 2 aromatic rings. The van der Waals surface area contributed by atoms with E-state index in [1.54, 1.807) is 18.2 Å². The fraction of sp³-hybridized carbons (Fsp3) is 0.400. The number of hydrogen-bond acceptors (Lipinski definition) is 4. The van der Waals surface area contributed by atoms with Crippen LogP contribution in [0.15, 0.2) is 46.8 Å². The second-order valence-corrected chi connectivity index (χ2v) is 7.15. The van der Waals surface area contributed by atoms with E-state index in [2.05, 4.69) is 20.4 Å². The molecule has 0 radical (unpaired) electrons. The van der Waals surface area contributed by atoms with Crippen LogP contribution in [0.3, 0.4) is 0 Å². The van der Waals surface area contributed by atoms with E-state index >= 15 is 0 Å². The van der Waals surface area contributed by atoms with Crippen molar-refractivity contribution in [1.82, 2.24) is 15.5 Å². The van der Waals surface area contributed by atoms with Crippen molar-refractivity contribution in [3.8, 4) is 5.75 Å². The number of carbonyl (C=O) groups is 1. The smallest absolute Gasteiger partial charge is 0.387 e. The summed E-state index contributed by atoms with van der Waals surface area (Å²) in [4.78, 5) is 19.1. The van der Waals surface area contributed by atoms with E-state index in [-0.39, 0.29) is 11.7 Å². The van der Waals surface area contributed by atoms with Crippen LogP contribution >= 0.6 is 11.3 Å². The number of hydrogen-bond donors (Lipinski definition) is 2. The van der Waals surface area contributed by atoms with Gasteiger partial charge in [-0.05, 0) is 42.5 Å². The van der Waals surface area contributed by atoms with Gasteiger partial charge in [0.2, 0.25) is 0 Å². The van der Waals surface area contributed by atoms with Crippen LogP contribution < -0.4 is 15.4 Å². The molecule has 0 aliphatic carbocycles. The first kappa shape index (κ1) is 22.6. The number of rotatable bonds is 10. The van der Waals surface area contributed by atoms with Crippen molar-refractivity contribution in [2.75, 3.05) is 26.7 Å². The summed E-state index contributed by atoms with van der Waals surface area (Å²) in [5.74, 6) is 0.814. The summed E-state index contributed by atoms with van der Waals surface area (Å²) in [5.41, 5.74) is 0.947. The summed E-state index contributed by atoms with van der Waals surface area (Å²) in [5, 5.41) is 7.98. The maximum Gasteiger partial charge on any atom is 0.387 e. The molecule has 0 atom stereocenters. The molecule has 0 fully saturated rings. The van der Waals surface area contributed by atoms with E-state index < -0.39 is 6.61 Å². The van der Waals surface area contributed by atoms with Gasteiger partial charge in [0.25, 0.3) is 5.91 Å². The van der Waals surface area contributed by atoms with Crippen LogP contribution in [-0.4, -0.2) is 50.1 Å². The maximum absolute atomic E-state index is 12.2. The molecule has 0 bridgehead atoms. The van der Waals surface area contributed by atoms with Gasteiger partial charge < -0.3 is 20.3 Å². The Morgan fingerprint density at radius 3 is 2.62 bits per heavy atom. The molecule has 1 amide bonds. The second-order valence-electron chi connectivity index (χ2n) is 6.20. The van der Waals surface area contributed by atoms with Crippen LogP contribution in [0.2, 0.25) is 0 Å². The van der Waals surface area contributed by atoms with Gasteiger partial charge in [-0.1, -0.05) is 18.2 Å². The molecule has 2 N–H and O–H groups in total. The number of thiophene rings is 1. The SMILES string of the molecule is CCNC(=NCCCNC(=O)c1cccs1)N(C)Cc1ccc(OC(F)F)cc1. The number of halogens is 2. The Balaban J connectivity index is 1.81. The third-order valence-electron chi connectivity index (χ3n) is 3.89. The molecular formula is C20H26F2N4O2S. The summed E-state index contributed by atoms with van der Waals surface area (Å²) in [6, 6.07) is 10.2. The lowest BCUT2D eigenvalue weighted by Crippen LogP contribution is -2.38. The normalized spacial score (nSPS) is 11.4. The fourth-order valence-corrected chi connectivity index (χ4v) is 3.20. The Hall–Kier alpha value is -2.68. The van der Waals surface area contributed by atoms with Crippen LogP contribution in [0.5, 0.6) is 5.75 Å². The average molecular weight is 425 g/mol. The van der Waals surface area contributed by atoms with Gasteiger partial charge in [0, 0.05) is 33.2 Å². The zero-order chi connectivity index (χ0) is 21.1. The molecule has 158 valence electrons. The van der Waals surface area contributed by atoms with Gasteiger partial charge in [-0.25, -0.2) is 0 Å². The fourth-order valence-electron chi connectivity index (χ4n) is 2.56. The van der Waals surface area contributed by atoms with Crippen LogP contribution in [0, 0.1) is 0 Å². The highest BCUT2D eigenvalue weighted by Gasteiger charge is 2.09. The van der Waals surface area contributed by atoms with Gasteiger partial charge in [-0.2, -0.15) is 8.78 Å². The predicted molar refractivity (Wildman–Crippen MR) is 112 cm³/mol. The number of alkyl halides is 2. The second kappa shape index (κ2) is 12.0. The van der Waals surface area contributed by atoms with Gasteiger partial charge in [0.15, 0.2) is 5.96 Å². The highest BCUT2D eigenvalue weighted by Crippen LogP contribution is 2.15. The zero-order valence-electron chi connectivity index (χ0n) is 16.5. The summed E-state index contributed by atoms with van der Waals surface area (Å²) in [6.07, 6.45) is 0.722. The van der Waals surface area contributed by atoms with Crippen molar-refractivity contribution in [1.29, 1.82) is 0 Å². The number of guanidine groups is 1. The molecule has 0 aliphatic rings. The predicted octanol–water partition coefficient (Wildman–Crippen LogP) is 3.57. The standard InChI is InChI=1S/C20H26F2N4O2S/c1-3-23-20(25-12-5-11-24-18(27)17-6-4-13-29-17)26(2)14-15-7-9-16(10-8-15)28-19(21)22/h4,6-10,13,19H,3,5,11-12,14H2,1-2H3,(H,23,25)(H,24,27). The molecule has 0 spiro atoms. The van der Waals surface area contributed by atoms with Gasteiger partial charge in [0.1, 0.15) is 5.75 Å². The Bertz CT molecular complexity index is 767. The number of carbonyl (C=O) groups excluding carboxylic acids is 1. The molecule has 6 nitrogen and oxygen atoms in total. The van der Waals surface area contributed by atoms with Crippen molar-refractivity contribution in [2.45, 2.75) is 26.5 Å². The number of amides is 1. The average Bonchev–Trinajstić information content (AvgIpc) is 3.23. The topological polar surface area (TPSA) is 66.0 Å². The summed E-state index contributed by atoms with van der Waals surface area (Å²) in [7, 11) is 1.91. The number of nitrogens with one attached hydrogen (secondary N) is 2. The monoisotopic (exact) mass is 424 g/mol. The largest absolute Gasteiger partial charge is 0.435 e. The van der Waals surface area contributed by atoms with Crippen LogP contribution in [-0.2, 0) is 6.54 Å². The van der Waals surface area contributed by atoms with E-state index in [1.165, 1.54) is 23.5 Å². The van der Waals surface area contributed by atoms with E-state index in [0.717, 1.165) is 24.5 Å². The zero-order valence-corrected chi connectivity index (χ0v) is 17.3. The molecule has 0 saturated heterocycles. The Morgan fingerprint density at radius 1 is 1.24 bits per heavy atom. The Labute approximate surface area is 173 Å². The quantitative estimate of drug-likeness (QED) is 0.348. The van der Waals surface area contributed by atoms with E-state index in [9.17, 15) is 13.6 Å². The van der Waals surface area contributed by atoms with Crippen LogP contribution in [0.4, 0.5) is 8.78 Å². The molecule has 1 aromatic heterocycles. The molecule has 29 heavy (non-hydrogen) atoms. The first-order chi connectivity index (χ1) is 14.0. The molecule has 2 rings (SSSR count). The van der Waals surface area contributed by atoms with E-state index in [0.29, 0.717) is 24.5 Å². The maximum atomic E-state index is 12.2. The third-order valence-corrected chi connectivity index (χ3v) is 4.76. The van der Waals surface area contributed by atoms with Gasteiger partial charge in [-0.3, -0.25) is 9.79 Å². The first-order valence-electron chi connectivity index (χ1n) is 9.34. The van der Waals surface area contributed by atoms with Crippen molar-refractivity contribution >= 4 is 23.2 Å². The minimum absolute atomic E-state index is 0.0627. The molecule has 0 unspecified atom stereocenters. The van der Waals surface area contributed by atoms with E-state index in [4.69, 9.17) is 0 Å². The summed E-state index contributed by atoms with van der Waals surface area (Å²) in [6.45, 7) is 1.57. The summed E-state index contributed by atoms with van der Waals surface area (Å²) >= 11 is 1.41. The number of benzene rings is 1. The third kappa shape index (κ3) is 8.06. The highest BCUT2D eigenvalue weighted by atomic mass is 32.1. The first-order valence-corrected chi connectivity index (χ1v) is 10.2. The Morgan fingerprint density at radius 2 is 2.00 bits per heavy atom. The lowest BCUT2D eigenvalue weighted by molar-refractivity contribution is -0.0498. The van der Waals surface area contributed by atoms with Gasteiger partial charge in [0.05, 0.1) is 4.88 Å². The van der Waals surface area contributed by atoms with Gasteiger partial charge in [-0.15, -0.1) is 11.3 Å². The molecular weight excluding hydrogens is 398 g/mol. The number of nitrogens with zero attached hydrogens (tertiary/aromatic N) is 2. The molecule has 9 heteroatoms. The molecule has 1 aromatic carbocycles. The van der Waals surface area contributed by atoms with Crippen molar-refractivity contribution in [3.05, 3.63) is 52.2 Å². The number of ether oxygens (including phenoxy) is 1. The lowest BCUT2D eigenvalue weighted by atomic mass is 10.2. The molecule has 1 heterocycles. The molecule has 0 aliphatic heterocycles. The van der Waals surface area contributed by atoms with Crippen molar-refractivity contribution in [2.24, 2.45) is 4.99 Å². The van der Waals surface area contributed by atoms with E-state index in [1.807, 2.05) is 30.3 Å². The lowest BCUT2D eigenvalue weighted by Gasteiger charge is -2.22. The minimum Gasteiger partial charge on any atom is -0.435 e. The minimum atomic E-state index is -2.83. The highest BCUT2D eigenvalue weighted by molar-refractivity contribution is 7.12. The van der Waals surface area contributed by atoms with Crippen LogP contribution in [0.25, 0.3) is 0 Å². The summed E-state index contributed by atoms with van der Waals surface area (Å²) < 4.78 is 28.8. The van der Waals surface area contributed by atoms with Gasteiger partial charge >= 0.3 is 6.61 Å². The number of aliphatic imine (C=N–C) groups is 1. The van der Waals surface area contributed by atoms with Crippen molar-refractivity contribution in [3.63, 3.8) is 0 Å². The van der Waals surface area contributed by atoms with Crippen LogP contribution in [0.1, 0.15) is 28.6 Å². The Kier molecular flexibility index (Phi) is 9.36.